The summed E-state index contributed by atoms with van der Waals surface area (Å²) in [5.41, 5.74) is 12.0. The Labute approximate surface area is 337 Å². The quantitative estimate of drug-likeness (QED) is 0.169. The fraction of sp³-hybridized carbons (Fsp3) is 0. The van der Waals surface area contributed by atoms with E-state index < -0.39 is 0 Å². The van der Waals surface area contributed by atoms with E-state index in [2.05, 4.69) is 157 Å². The Kier molecular flexibility index (Phi) is 7.37. The van der Waals surface area contributed by atoms with Crippen molar-refractivity contribution in [3.63, 3.8) is 0 Å². The number of thiophene rings is 1. The zero-order chi connectivity index (χ0) is 38.2. The molecule has 0 unspecified atom stereocenters. The first-order valence-corrected chi connectivity index (χ1v) is 20.3. The standard InChI is InChI=1S/C53H32N2O2S/c1-2-11-36(12-3-1)53-54-45-29-31-48-50(51(45)57-53)44-32-37(24-30-47(44)56-48)33-20-25-38(26-21-33)55(46-18-9-17-43-42-15-6-7-19-49(42)58-52(43)46)39-27-22-35(23-28-39)41-16-8-13-34-10-4-5-14-40(34)41/h1-32H. The zero-order valence-electron chi connectivity index (χ0n) is 31.1. The van der Waals surface area contributed by atoms with Crippen molar-refractivity contribution in [1.82, 2.24) is 4.98 Å². The number of rotatable bonds is 6. The molecule has 0 N–H and O–H groups in total. The molecule has 0 spiro atoms. The van der Waals surface area contributed by atoms with Crippen molar-refractivity contribution in [2.45, 2.75) is 0 Å². The van der Waals surface area contributed by atoms with Crippen molar-refractivity contribution in [3.8, 4) is 33.7 Å². The van der Waals surface area contributed by atoms with Gasteiger partial charge in [0.1, 0.15) is 16.7 Å². The minimum atomic E-state index is 0.600. The monoisotopic (exact) mass is 760 g/mol. The Morgan fingerprint density at radius 2 is 1.12 bits per heavy atom. The van der Waals surface area contributed by atoms with Crippen LogP contribution in [0.25, 0.3) is 97.7 Å². The summed E-state index contributed by atoms with van der Waals surface area (Å²) in [5, 5.41) is 6.99. The van der Waals surface area contributed by atoms with Crippen LogP contribution in [0.3, 0.4) is 0 Å². The third-order valence-electron chi connectivity index (χ3n) is 11.3. The van der Waals surface area contributed by atoms with Crippen molar-refractivity contribution in [3.05, 3.63) is 194 Å². The van der Waals surface area contributed by atoms with Crippen LogP contribution >= 0.6 is 11.3 Å². The summed E-state index contributed by atoms with van der Waals surface area (Å²) in [7, 11) is 0. The lowest BCUT2D eigenvalue weighted by Crippen LogP contribution is -2.10. The molecule has 58 heavy (non-hydrogen) atoms. The second-order valence-electron chi connectivity index (χ2n) is 14.7. The first kappa shape index (κ1) is 32.7. The van der Waals surface area contributed by atoms with Crippen molar-refractivity contribution in [2.75, 3.05) is 4.90 Å². The van der Waals surface area contributed by atoms with Gasteiger partial charge in [0.2, 0.25) is 5.89 Å². The van der Waals surface area contributed by atoms with Crippen LogP contribution in [0.5, 0.6) is 0 Å². The Morgan fingerprint density at radius 3 is 1.97 bits per heavy atom. The molecule has 0 radical (unpaired) electrons. The third kappa shape index (κ3) is 5.25. The number of oxazole rings is 1. The summed E-state index contributed by atoms with van der Waals surface area (Å²) in [4.78, 5) is 7.22. The lowest BCUT2D eigenvalue weighted by atomic mass is 9.98. The SMILES string of the molecule is c1ccc(-c2nc3ccc4oc5ccc(-c6ccc(N(c7ccc(-c8cccc9ccccc89)cc7)c7cccc8c7sc7ccccc78)cc6)cc5c4c3o2)cc1. The van der Waals surface area contributed by atoms with E-state index in [4.69, 9.17) is 13.8 Å². The summed E-state index contributed by atoms with van der Waals surface area (Å²) in [5.74, 6) is 0.600. The van der Waals surface area contributed by atoms with Gasteiger partial charge in [-0.1, -0.05) is 121 Å². The summed E-state index contributed by atoms with van der Waals surface area (Å²) in [6.07, 6.45) is 0. The van der Waals surface area contributed by atoms with E-state index in [1.165, 1.54) is 42.1 Å². The van der Waals surface area contributed by atoms with E-state index in [-0.39, 0.29) is 0 Å². The minimum absolute atomic E-state index is 0.600. The fourth-order valence-corrected chi connectivity index (χ4v) is 9.74. The maximum absolute atomic E-state index is 6.43. The van der Waals surface area contributed by atoms with E-state index >= 15 is 0 Å². The molecule has 0 aliphatic carbocycles. The molecule has 12 aromatic rings. The molecule has 0 amide bonds. The number of furan rings is 1. The lowest BCUT2D eigenvalue weighted by Gasteiger charge is -2.26. The molecule has 0 fully saturated rings. The lowest BCUT2D eigenvalue weighted by molar-refractivity contribution is 0.622. The fourth-order valence-electron chi connectivity index (χ4n) is 8.54. The molecule has 4 nitrogen and oxygen atoms in total. The van der Waals surface area contributed by atoms with Crippen molar-refractivity contribution < 1.29 is 8.83 Å². The zero-order valence-corrected chi connectivity index (χ0v) is 31.9. The van der Waals surface area contributed by atoms with Crippen LogP contribution in [0.15, 0.2) is 203 Å². The van der Waals surface area contributed by atoms with E-state index in [9.17, 15) is 0 Å². The highest BCUT2D eigenvalue weighted by Gasteiger charge is 2.20. The van der Waals surface area contributed by atoms with Crippen molar-refractivity contribution in [1.29, 1.82) is 0 Å². The summed E-state index contributed by atoms with van der Waals surface area (Å²) < 4.78 is 15.3. The molecular formula is C53H32N2O2S. The van der Waals surface area contributed by atoms with Crippen LogP contribution in [-0.2, 0) is 0 Å². The van der Waals surface area contributed by atoms with E-state index in [1.807, 2.05) is 53.8 Å². The molecule has 0 aliphatic rings. The Balaban J connectivity index is 0.970. The molecule has 0 aliphatic heterocycles. The molecule has 9 aromatic carbocycles. The maximum atomic E-state index is 6.43. The largest absolute Gasteiger partial charge is 0.456 e. The Bertz CT molecular complexity index is 3500. The van der Waals surface area contributed by atoms with Gasteiger partial charge in [0.05, 0.1) is 15.8 Å². The average molecular weight is 761 g/mol. The summed E-state index contributed by atoms with van der Waals surface area (Å²) in [6, 6.07) is 68.8. The van der Waals surface area contributed by atoms with Gasteiger partial charge in [-0.2, -0.15) is 0 Å². The van der Waals surface area contributed by atoms with E-state index in [1.54, 1.807) is 0 Å². The number of hydrogen-bond donors (Lipinski definition) is 0. The van der Waals surface area contributed by atoms with Gasteiger partial charge in [-0.25, -0.2) is 4.98 Å². The number of nitrogens with zero attached hydrogens (tertiary/aromatic N) is 2. The van der Waals surface area contributed by atoms with E-state index in [0.29, 0.717) is 5.89 Å². The molecule has 3 heterocycles. The van der Waals surface area contributed by atoms with Gasteiger partial charge in [-0.05, 0) is 106 Å². The van der Waals surface area contributed by atoms with Crippen molar-refractivity contribution >= 4 is 92.4 Å². The number of aromatic nitrogens is 1. The molecule has 0 saturated heterocycles. The highest BCUT2D eigenvalue weighted by Crippen LogP contribution is 2.46. The van der Waals surface area contributed by atoms with Gasteiger partial charge >= 0.3 is 0 Å². The molecular weight excluding hydrogens is 729 g/mol. The highest BCUT2D eigenvalue weighted by atomic mass is 32.1. The number of fused-ring (bicyclic) bond motifs is 9. The molecule has 0 atom stereocenters. The van der Waals surface area contributed by atoms with Crippen LogP contribution in [0.1, 0.15) is 0 Å². The highest BCUT2D eigenvalue weighted by molar-refractivity contribution is 7.26. The van der Waals surface area contributed by atoms with Gasteiger partial charge in [0.15, 0.2) is 5.58 Å². The Hall–Kier alpha value is -7.47. The van der Waals surface area contributed by atoms with Crippen LogP contribution < -0.4 is 4.90 Å². The second-order valence-corrected chi connectivity index (χ2v) is 15.7. The maximum Gasteiger partial charge on any atom is 0.227 e. The normalized spacial score (nSPS) is 11.8. The molecule has 272 valence electrons. The van der Waals surface area contributed by atoms with Crippen molar-refractivity contribution in [2.24, 2.45) is 0 Å². The van der Waals surface area contributed by atoms with Gasteiger partial charge in [0.25, 0.3) is 0 Å². The second kappa shape index (κ2) is 13.1. The smallest absolute Gasteiger partial charge is 0.227 e. The van der Waals surface area contributed by atoms with Gasteiger partial charge < -0.3 is 13.7 Å². The average Bonchev–Trinajstić information content (AvgIpc) is 4.01. The van der Waals surface area contributed by atoms with E-state index in [0.717, 1.165) is 66.8 Å². The van der Waals surface area contributed by atoms with Crippen LogP contribution in [0.4, 0.5) is 17.1 Å². The van der Waals surface area contributed by atoms with Gasteiger partial charge in [-0.15, -0.1) is 11.3 Å². The molecule has 0 bridgehead atoms. The van der Waals surface area contributed by atoms with Crippen LogP contribution in [0.2, 0.25) is 0 Å². The first-order chi connectivity index (χ1) is 28.7. The molecule has 0 saturated carbocycles. The predicted molar refractivity (Wildman–Crippen MR) is 243 cm³/mol. The topological polar surface area (TPSA) is 42.4 Å². The molecule has 3 aromatic heterocycles. The number of hydrogen-bond acceptors (Lipinski definition) is 5. The summed E-state index contributed by atoms with van der Waals surface area (Å²) in [6.45, 7) is 0. The third-order valence-corrected chi connectivity index (χ3v) is 12.5. The Morgan fingerprint density at radius 1 is 0.448 bits per heavy atom. The van der Waals surface area contributed by atoms with Crippen LogP contribution in [-0.4, -0.2) is 4.98 Å². The molecule has 5 heteroatoms. The number of anilines is 3. The minimum Gasteiger partial charge on any atom is -0.456 e. The summed E-state index contributed by atoms with van der Waals surface area (Å²) >= 11 is 1.85. The van der Waals surface area contributed by atoms with Crippen LogP contribution in [0, 0.1) is 0 Å². The number of benzene rings is 9. The van der Waals surface area contributed by atoms with Gasteiger partial charge in [-0.3, -0.25) is 0 Å². The predicted octanol–water partition coefficient (Wildman–Crippen LogP) is 15.7. The van der Waals surface area contributed by atoms with Gasteiger partial charge in [0, 0.05) is 37.8 Å². The first-order valence-electron chi connectivity index (χ1n) is 19.4. The molecule has 12 rings (SSSR count).